The molecule has 1 aliphatic carbocycles. The summed E-state index contributed by atoms with van der Waals surface area (Å²) in [7, 11) is 0. The fourth-order valence-electron chi connectivity index (χ4n) is 4.30. The van der Waals surface area contributed by atoms with Crippen LogP contribution in [0.4, 0.5) is 0 Å². The summed E-state index contributed by atoms with van der Waals surface area (Å²) in [5.41, 5.74) is 3.26. The van der Waals surface area contributed by atoms with Gasteiger partial charge in [0, 0.05) is 18.7 Å². The van der Waals surface area contributed by atoms with Crippen LogP contribution in [0.3, 0.4) is 0 Å². The van der Waals surface area contributed by atoms with E-state index >= 15 is 0 Å². The average Bonchev–Trinajstić information content (AvgIpc) is 2.70. The van der Waals surface area contributed by atoms with Crippen LogP contribution in [0, 0.1) is 11.3 Å². The lowest BCUT2D eigenvalue weighted by Gasteiger charge is -2.41. The molecule has 156 valence electrons. The molecule has 0 amide bonds. The van der Waals surface area contributed by atoms with Crippen molar-refractivity contribution in [1.29, 1.82) is 0 Å². The smallest absolute Gasteiger partial charge is 0.112 e. The summed E-state index contributed by atoms with van der Waals surface area (Å²) < 4.78 is 0. The Hall–Kier alpha value is -1.96. The highest BCUT2D eigenvalue weighted by atomic mass is 16.3. The Balaban J connectivity index is 0.00000190. The highest BCUT2D eigenvalue weighted by molar-refractivity contribution is 5.57. The second kappa shape index (κ2) is 12.5. The van der Waals surface area contributed by atoms with E-state index < -0.39 is 0 Å². The molecule has 0 heterocycles. The van der Waals surface area contributed by atoms with Crippen molar-refractivity contribution in [2.24, 2.45) is 11.3 Å². The van der Waals surface area contributed by atoms with Crippen LogP contribution in [0.2, 0.25) is 0 Å². The van der Waals surface area contributed by atoms with Crippen LogP contribution in [0.15, 0.2) is 60.5 Å². The Labute approximate surface area is 173 Å². The molecular weight excluding hydrogens is 342 g/mol. The summed E-state index contributed by atoms with van der Waals surface area (Å²) in [4.78, 5) is 0. The van der Waals surface area contributed by atoms with Crippen LogP contribution in [-0.2, 0) is 0 Å². The molecular formula is C26H41NO. The Bertz CT molecular complexity index is 631. The molecule has 1 aromatic carbocycles. The molecule has 2 N–H and O–H groups in total. The molecule has 0 unspecified atom stereocenters. The van der Waals surface area contributed by atoms with E-state index in [1.54, 1.807) is 0 Å². The van der Waals surface area contributed by atoms with Gasteiger partial charge >= 0.3 is 0 Å². The predicted octanol–water partition coefficient (Wildman–Crippen LogP) is 7.66. The first-order valence-electron chi connectivity index (χ1n) is 11.0. The van der Waals surface area contributed by atoms with Gasteiger partial charge in [0.15, 0.2) is 0 Å². The maximum Gasteiger partial charge on any atom is 0.112 e. The molecule has 0 bridgehead atoms. The first kappa shape index (κ1) is 24.1. The van der Waals surface area contributed by atoms with E-state index in [0.717, 1.165) is 29.3 Å². The van der Waals surface area contributed by atoms with Gasteiger partial charge in [-0.3, -0.25) is 0 Å². The molecule has 0 radical (unpaired) electrons. The topological polar surface area (TPSA) is 32.3 Å². The van der Waals surface area contributed by atoms with Gasteiger partial charge in [-0.05, 0) is 47.8 Å². The third kappa shape index (κ3) is 7.58. The predicted molar refractivity (Wildman–Crippen MR) is 124 cm³/mol. The zero-order valence-electron chi connectivity index (χ0n) is 18.6. The number of hydrogen-bond acceptors (Lipinski definition) is 2. The Morgan fingerprint density at radius 3 is 2.50 bits per heavy atom. The van der Waals surface area contributed by atoms with Crippen molar-refractivity contribution < 1.29 is 5.11 Å². The number of rotatable bonds is 9. The quantitative estimate of drug-likeness (QED) is 0.339. The van der Waals surface area contributed by atoms with Crippen molar-refractivity contribution in [2.75, 3.05) is 6.54 Å². The lowest BCUT2D eigenvalue weighted by molar-refractivity contribution is 0.101. The monoisotopic (exact) mass is 383 g/mol. The van der Waals surface area contributed by atoms with Gasteiger partial charge < -0.3 is 10.4 Å². The number of hydrogen-bond donors (Lipinski definition) is 2. The van der Waals surface area contributed by atoms with Crippen LogP contribution >= 0.6 is 0 Å². The third-order valence-corrected chi connectivity index (χ3v) is 6.01. The van der Waals surface area contributed by atoms with Crippen molar-refractivity contribution in [2.45, 2.75) is 72.6 Å². The third-order valence-electron chi connectivity index (χ3n) is 6.01. The minimum absolute atomic E-state index is 0.113. The largest absolute Gasteiger partial charge is 0.508 e. The lowest BCUT2D eigenvalue weighted by atomic mass is 9.65. The molecule has 0 saturated heterocycles. The van der Waals surface area contributed by atoms with Gasteiger partial charge in [0.25, 0.3) is 0 Å². The van der Waals surface area contributed by atoms with Crippen LogP contribution in [0.5, 0.6) is 0 Å². The highest BCUT2D eigenvalue weighted by Crippen LogP contribution is 2.45. The number of nitrogens with one attached hydrogen (secondary N) is 1. The van der Waals surface area contributed by atoms with Crippen LogP contribution < -0.4 is 5.32 Å². The zero-order chi connectivity index (χ0) is 21.0. The molecule has 0 spiro atoms. The molecule has 0 aromatic heterocycles. The van der Waals surface area contributed by atoms with Crippen molar-refractivity contribution in [3.63, 3.8) is 0 Å². The summed E-state index contributed by atoms with van der Waals surface area (Å²) in [5, 5.41) is 13.4. The van der Waals surface area contributed by atoms with Gasteiger partial charge in [-0.25, -0.2) is 0 Å². The summed E-state index contributed by atoms with van der Waals surface area (Å²) in [6, 6.07) is 10.0. The van der Waals surface area contributed by atoms with E-state index in [2.05, 4.69) is 32.3 Å². The fourth-order valence-corrected chi connectivity index (χ4v) is 4.30. The molecule has 1 aromatic rings. The van der Waals surface area contributed by atoms with E-state index in [1.807, 2.05) is 50.3 Å². The van der Waals surface area contributed by atoms with Gasteiger partial charge in [-0.15, -0.1) is 0 Å². The molecule has 2 nitrogen and oxygen atoms in total. The van der Waals surface area contributed by atoms with Crippen LogP contribution in [0.25, 0.3) is 6.08 Å². The van der Waals surface area contributed by atoms with Crippen LogP contribution in [0.1, 0.15) is 78.2 Å². The Kier molecular flexibility index (Phi) is 10.7. The second-order valence-corrected chi connectivity index (χ2v) is 7.99. The van der Waals surface area contributed by atoms with E-state index in [0.29, 0.717) is 11.8 Å². The van der Waals surface area contributed by atoms with E-state index in [4.69, 9.17) is 0 Å². The molecule has 1 aliphatic rings. The van der Waals surface area contributed by atoms with Gasteiger partial charge in [0.1, 0.15) is 5.76 Å². The average molecular weight is 384 g/mol. The summed E-state index contributed by atoms with van der Waals surface area (Å²) in [6.45, 7) is 17.6. The summed E-state index contributed by atoms with van der Waals surface area (Å²) in [6.07, 6.45) is 10.5. The van der Waals surface area contributed by atoms with Gasteiger partial charge in [-0.1, -0.05) is 90.4 Å². The molecule has 2 atom stereocenters. The Morgan fingerprint density at radius 2 is 1.89 bits per heavy atom. The fraction of sp³-hybridized carbons (Fsp3) is 0.538. The van der Waals surface area contributed by atoms with Crippen molar-refractivity contribution in [3.8, 4) is 0 Å². The standard InChI is InChI=1S/C24H35NO.C2H6/c1-5-23-13-9-10-14-24(23,4)15-16-25-19(2)17-22(20(3)26)18-21-11-7-6-8-12-21;1-2/h6-8,11-12,18,23,25-26H,2-3,5,9-10,13-17H2,1,4H3;1-2H3/b22-18-;/t23-,24-;/m1./s1. The Morgan fingerprint density at radius 1 is 1.21 bits per heavy atom. The van der Waals surface area contributed by atoms with Crippen molar-refractivity contribution >= 4 is 6.08 Å². The molecule has 2 heteroatoms. The minimum Gasteiger partial charge on any atom is -0.508 e. The molecule has 0 aliphatic heterocycles. The first-order chi connectivity index (χ1) is 13.4. The zero-order valence-corrected chi connectivity index (χ0v) is 18.6. The number of aliphatic hydroxyl groups is 1. The SMILES string of the molecule is C=C(C/C(=C/c1ccccc1)C(=C)O)NCC[C@@]1(C)CCCC[C@H]1CC.CC. The maximum absolute atomic E-state index is 9.93. The van der Waals surface area contributed by atoms with Gasteiger partial charge in [-0.2, -0.15) is 0 Å². The summed E-state index contributed by atoms with van der Waals surface area (Å²) in [5.74, 6) is 0.958. The minimum atomic E-state index is 0.113. The second-order valence-electron chi connectivity index (χ2n) is 7.99. The molecule has 1 saturated carbocycles. The van der Waals surface area contributed by atoms with Gasteiger partial charge in [0.05, 0.1) is 0 Å². The summed E-state index contributed by atoms with van der Waals surface area (Å²) >= 11 is 0. The molecule has 1 fully saturated rings. The van der Waals surface area contributed by atoms with Crippen LogP contribution in [-0.4, -0.2) is 11.7 Å². The number of allylic oxidation sites excluding steroid dienone is 2. The number of aliphatic hydroxyl groups excluding tert-OH is 1. The molecule has 28 heavy (non-hydrogen) atoms. The normalized spacial score (nSPS) is 22.0. The maximum atomic E-state index is 9.93. The van der Waals surface area contributed by atoms with Gasteiger partial charge in [0.2, 0.25) is 0 Å². The first-order valence-corrected chi connectivity index (χ1v) is 11.0. The van der Waals surface area contributed by atoms with E-state index in [9.17, 15) is 5.11 Å². The number of benzene rings is 1. The highest BCUT2D eigenvalue weighted by Gasteiger charge is 2.34. The van der Waals surface area contributed by atoms with E-state index in [-0.39, 0.29) is 5.76 Å². The van der Waals surface area contributed by atoms with E-state index in [1.165, 1.54) is 38.5 Å². The molecule has 2 rings (SSSR count). The van der Waals surface area contributed by atoms with Crippen molar-refractivity contribution in [3.05, 3.63) is 66.1 Å². The van der Waals surface area contributed by atoms with Crippen molar-refractivity contribution in [1.82, 2.24) is 5.32 Å². The lowest BCUT2D eigenvalue weighted by Crippen LogP contribution is -2.33.